The molecule has 2 rings (SSSR count). The first kappa shape index (κ1) is 16.3. The minimum atomic E-state index is -0.139. The maximum absolute atomic E-state index is 9.59. The molecule has 1 unspecified atom stereocenters. The summed E-state index contributed by atoms with van der Waals surface area (Å²) in [6.07, 6.45) is 2.02. The lowest BCUT2D eigenvalue weighted by Crippen LogP contribution is -2.37. The van der Waals surface area contributed by atoms with Gasteiger partial charge in [-0.2, -0.15) is 5.26 Å². The van der Waals surface area contributed by atoms with Gasteiger partial charge >= 0.3 is 0 Å². The third-order valence-electron chi connectivity index (χ3n) is 4.27. The summed E-state index contributed by atoms with van der Waals surface area (Å²) < 4.78 is 0. The van der Waals surface area contributed by atoms with Gasteiger partial charge in [-0.25, -0.2) is 0 Å². The topological polar surface area (TPSA) is 35.8 Å². The van der Waals surface area contributed by atoms with E-state index in [1.54, 1.807) is 0 Å². The van der Waals surface area contributed by atoms with E-state index in [0.717, 1.165) is 12.8 Å². The highest BCUT2D eigenvalue weighted by molar-refractivity contribution is 5.32. The minimum Gasteiger partial charge on any atom is -0.291 e. The van der Waals surface area contributed by atoms with Crippen molar-refractivity contribution in [1.29, 1.82) is 5.26 Å². The predicted molar refractivity (Wildman–Crippen MR) is 91.3 cm³/mol. The van der Waals surface area contributed by atoms with Gasteiger partial charge in [-0.3, -0.25) is 5.32 Å². The van der Waals surface area contributed by atoms with Gasteiger partial charge in [0.15, 0.2) is 0 Å². The van der Waals surface area contributed by atoms with Gasteiger partial charge in [0, 0.05) is 0 Å². The average Bonchev–Trinajstić information content (AvgIpc) is 2.60. The molecule has 0 saturated carbocycles. The number of benzene rings is 2. The van der Waals surface area contributed by atoms with E-state index in [1.807, 2.05) is 36.4 Å². The normalized spacial score (nSPS) is 12.3. The SMILES string of the molecule is CCC(CC)C(C#N)NC(c1ccccc1)c1ccccc1. The molecule has 0 fully saturated rings. The van der Waals surface area contributed by atoms with Crippen molar-refractivity contribution in [2.24, 2.45) is 5.92 Å². The molecule has 0 radical (unpaired) electrons. The van der Waals surface area contributed by atoms with Crippen LogP contribution in [0.1, 0.15) is 43.9 Å². The Hall–Kier alpha value is -2.11. The highest BCUT2D eigenvalue weighted by Gasteiger charge is 2.23. The average molecular weight is 292 g/mol. The van der Waals surface area contributed by atoms with Crippen LogP contribution in [0.25, 0.3) is 0 Å². The fourth-order valence-electron chi connectivity index (χ4n) is 2.89. The fraction of sp³-hybridized carbons (Fsp3) is 0.350. The van der Waals surface area contributed by atoms with Crippen molar-refractivity contribution in [3.8, 4) is 6.07 Å². The Kier molecular flexibility index (Phi) is 6.18. The van der Waals surface area contributed by atoms with Crippen molar-refractivity contribution in [2.75, 3.05) is 0 Å². The molecule has 1 atom stereocenters. The summed E-state index contributed by atoms with van der Waals surface area (Å²) in [5, 5.41) is 13.2. The molecule has 0 aromatic heterocycles. The van der Waals surface area contributed by atoms with Crippen LogP contribution in [0.4, 0.5) is 0 Å². The van der Waals surface area contributed by atoms with Gasteiger partial charge in [0.25, 0.3) is 0 Å². The van der Waals surface area contributed by atoms with Gasteiger partial charge in [-0.15, -0.1) is 0 Å². The number of hydrogen-bond donors (Lipinski definition) is 1. The molecule has 0 aliphatic heterocycles. The Morgan fingerprint density at radius 2 is 1.32 bits per heavy atom. The van der Waals surface area contributed by atoms with Crippen LogP contribution < -0.4 is 5.32 Å². The van der Waals surface area contributed by atoms with E-state index in [4.69, 9.17) is 0 Å². The van der Waals surface area contributed by atoms with Crippen molar-refractivity contribution in [3.05, 3.63) is 71.8 Å². The van der Waals surface area contributed by atoms with E-state index >= 15 is 0 Å². The largest absolute Gasteiger partial charge is 0.291 e. The number of hydrogen-bond acceptors (Lipinski definition) is 2. The third-order valence-corrected chi connectivity index (χ3v) is 4.27. The first-order valence-electron chi connectivity index (χ1n) is 8.05. The molecule has 2 aromatic carbocycles. The first-order valence-corrected chi connectivity index (χ1v) is 8.05. The van der Waals surface area contributed by atoms with Crippen LogP contribution in [-0.4, -0.2) is 6.04 Å². The molecular weight excluding hydrogens is 268 g/mol. The lowest BCUT2D eigenvalue weighted by molar-refractivity contribution is 0.371. The monoisotopic (exact) mass is 292 g/mol. The Balaban J connectivity index is 2.31. The first-order chi connectivity index (χ1) is 10.8. The molecule has 0 saturated heterocycles. The van der Waals surface area contributed by atoms with Crippen LogP contribution in [0.15, 0.2) is 60.7 Å². The van der Waals surface area contributed by atoms with Crippen LogP contribution in [-0.2, 0) is 0 Å². The van der Waals surface area contributed by atoms with Gasteiger partial charge in [0.1, 0.15) is 0 Å². The van der Waals surface area contributed by atoms with Crippen LogP contribution in [0.2, 0.25) is 0 Å². The second-order valence-electron chi connectivity index (χ2n) is 5.60. The number of nitrogens with zero attached hydrogens (tertiary/aromatic N) is 1. The molecule has 0 aliphatic carbocycles. The van der Waals surface area contributed by atoms with E-state index in [9.17, 15) is 5.26 Å². The lowest BCUT2D eigenvalue weighted by Gasteiger charge is -2.27. The molecular formula is C20H24N2. The van der Waals surface area contributed by atoms with Crippen molar-refractivity contribution in [3.63, 3.8) is 0 Å². The van der Waals surface area contributed by atoms with Crippen LogP contribution in [0, 0.1) is 17.2 Å². The smallest absolute Gasteiger partial charge is 0.0988 e. The van der Waals surface area contributed by atoms with Crippen LogP contribution >= 0.6 is 0 Å². The van der Waals surface area contributed by atoms with E-state index < -0.39 is 0 Å². The van der Waals surface area contributed by atoms with Gasteiger partial charge in [-0.1, -0.05) is 87.4 Å². The summed E-state index contributed by atoms with van der Waals surface area (Å²) in [6, 6.07) is 23.1. The molecule has 2 nitrogen and oxygen atoms in total. The molecule has 0 spiro atoms. The Labute approximate surface area is 133 Å². The van der Waals surface area contributed by atoms with Crippen molar-refractivity contribution >= 4 is 0 Å². The maximum Gasteiger partial charge on any atom is 0.0988 e. The number of nitriles is 1. The van der Waals surface area contributed by atoms with E-state index in [1.165, 1.54) is 11.1 Å². The third kappa shape index (κ3) is 3.96. The van der Waals surface area contributed by atoms with E-state index in [-0.39, 0.29) is 12.1 Å². The minimum absolute atomic E-state index is 0.0487. The van der Waals surface area contributed by atoms with E-state index in [2.05, 4.69) is 49.5 Å². The Morgan fingerprint density at radius 1 is 0.864 bits per heavy atom. The molecule has 0 bridgehead atoms. The van der Waals surface area contributed by atoms with Crippen molar-refractivity contribution in [1.82, 2.24) is 5.32 Å². The summed E-state index contributed by atoms with van der Waals surface area (Å²) in [5.74, 6) is 0.375. The second-order valence-corrected chi connectivity index (χ2v) is 5.60. The quantitative estimate of drug-likeness (QED) is 0.803. The molecule has 1 N–H and O–H groups in total. The maximum atomic E-state index is 9.59. The zero-order valence-corrected chi connectivity index (χ0v) is 13.4. The number of nitrogens with one attached hydrogen (secondary N) is 1. The summed E-state index contributed by atoms with van der Waals surface area (Å²) in [4.78, 5) is 0. The van der Waals surface area contributed by atoms with Crippen molar-refractivity contribution < 1.29 is 0 Å². The zero-order valence-electron chi connectivity index (χ0n) is 13.4. The van der Waals surface area contributed by atoms with Gasteiger partial charge in [0.2, 0.25) is 0 Å². The van der Waals surface area contributed by atoms with Gasteiger partial charge in [0.05, 0.1) is 18.2 Å². The fourth-order valence-corrected chi connectivity index (χ4v) is 2.89. The molecule has 2 heteroatoms. The molecule has 2 aromatic rings. The van der Waals surface area contributed by atoms with E-state index in [0.29, 0.717) is 5.92 Å². The highest BCUT2D eigenvalue weighted by Crippen LogP contribution is 2.24. The standard InChI is InChI=1S/C20H24N2/c1-3-16(4-2)19(15-21)22-20(17-11-7-5-8-12-17)18-13-9-6-10-14-18/h5-14,16,19-20,22H,3-4H2,1-2H3. The Bertz CT molecular complexity index is 543. The van der Waals surface area contributed by atoms with Gasteiger partial charge in [-0.05, 0) is 17.0 Å². The molecule has 0 amide bonds. The van der Waals surface area contributed by atoms with Crippen LogP contribution in [0.3, 0.4) is 0 Å². The molecule has 114 valence electrons. The number of rotatable bonds is 7. The van der Waals surface area contributed by atoms with Crippen molar-refractivity contribution in [2.45, 2.75) is 38.8 Å². The van der Waals surface area contributed by atoms with Crippen LogP contribution in [0.5, 0.6) is 0 Å². The molecule has 0 heterocycles. The predicted octanol–water partition coefficient (Wildman–Crippen LogP) is 4.69. The summed E-state index contributed by atoms with van der Waals surface area (Å²) >= 11 is 0. The summed E-state index contributed by atoms with van der Waals surface area (Å²) in [5.41, 5.74) is 2.39. The second kappa shape index (κ2) is 8.36. The van der Waals surface area contributed by atoms with Gasteiger partial charge < -0.3 is 0 Å². The molecule has 22 heavy (non-hydrogen) atoms. The molecule has 0 aliphatic rings. The zero-order chi connectivity index (χ0) is 15.8. The highest BCUT2D eigenvalue weighted by atomic mass is 15.0. The summed E-state index contributed by atoms with van der Waals surface area (Å²) in [6.45, 7) is 4.31. The summed E-state index contributed by atoms with van der Waals surface area (Å²) in [7, 11) is 0. The Morgan fingerprint density at radius 3 is 1.68 bits per heavy atom. The lowest BCUT2D eigenvalue weighted by atomic mass is 9.91.